The molecule has 5 heterocycles. The van der Waals surface area contributed by atoms with Crippen molar-refractivity contribution in [3.8, 4) is 34.8 Å². The van der Waals surface area contributed by atoms with Crippen molar-refractivity contribution in [2.45, 2.75) is 26.2 Å². The van der Waals surface area contributed by atoms with Crippen LogP contribution in [0.25, 0.3) is 88.1 Å². The van der Waals surface area contributed by atoms with Crippen LogP contribution in [0, 0.1) is 17.7 Å². The number of aromatic nitrogens is 5. The van der Waals surface area contributed by atoms with Gasteiger partial charge in [-0.3, -0.25) is 13.7 Å². The number of nitrogens with zero attached hydrogens (tertiary/aromatic N) is 6. The normalized spacial score (nSPS) is 12.2. The molecule has 7 nitrogen and oxygen atoms in total. The fourth-order valence-corrected chi connectivity index (χ4v) is 9.25. The predicted octanol–water partition coefficient (Wildman–Crippen LogP) is 12.3. The maximum absolute atomic E-state index is 10.3. The smallest absolute Gasteiger partial charge is 0.269 e. The van der Waals surface area contributed by atoms with Crippen molar-refractivity contribution in [1.82, 2.24) is 18.5 Å². The Labute approximate surface area is 345 Å². The summed E-state index contributed by atoms with van der Waals surface area (Å²) in [4.78, 5) is 4.85. The fraction of sp³-hybridized carbons (Fsp3) is 0.0755. The van der Waals surface area contributed by atoms with Gasteiger partial charge < -0.3 is 9.14 Å². The summed E-state index contributed by atoms with van der Waals surface area (Å²) in [7, 11) is 0. The summed E-state index contributed by atoms with van der Waals surface area (Å²) < 4.78 is 15.5. The van der Waals surface area contributed by atoms with Crippen LogP contribution in [0.1, 0.15) is 31.9 Å². The van der Waals surface area contributed by atoms with Gasteiger partial charge in [0.1, 0.15) is 17.3 Å². The van der Waals surface area contributed by atoms with Crippen molar-refractivity contribution in [1.29, 1.82) is 5.26 Å². The molecule has 0 amide bonds. The standard InChI is InChI=1S/C53H36N6O/c1-53(2,3)34-22-23-55-51(26-34)58-45-15-7-4-12-39(45)42-21-20-37(30-50(42)58)60-38-25-33(31-54)24-35(27-38)56-32-57(49-19-11-10-18-48(49)56)36-28-43-40-13-5-8-16-46(40)59-47-17-9-6-14-41(47)44(29-36)52(43)59/h4-30H,1-3H3. The number of imidazole rings is 1. The Balaban J connectivity index is 0.998. The molecule has 0 saturated heterocycles. The molecule has 0 fully saturated rings. The molecule has 5 aromatic heterocycles. The van der Waals surface area contributed by atoms with Crippen molar-refractivity contribution >= 4 is 70.9 Å². The van der Waals surface area contributed by atoms with Crippen LogP contribution in [0.5, 0.6) is 11.5 Å². The van der Waals surface area contributed by atoms with Crippen LogP contribution in [0.15, 0.2) is 164 Å². The second kappa shape index (κ2) is 12.5. The lowest BCUT2D eigenvalue weighted by Gasteiger charge is -2.20. The third kappa shape index (κ3) is 5.01. The summed E-state index contributed by atoms with van der Waals surface area (Å²) in [6, 6.07) is 57.0. The molecule has 0 spiro atoms. The van der Waals surface area contributed by atoms with Gasteiger partial charge >= 0.3 is 0 Å². The Morgan fingerprint density at radius 3 is 1.93 bits per heavy atom. The Morgan fingerprint density at radius 1 is 0.600 bits per heavy atom. The van der Waals surface area contributed by atoms with E-state index in [1.165, 1.54) is 43.7 Å². The fourth-order valence-electron chi connectivity index (χ4n) is 9.25. The van der Waals surface area contributed by atoms with Crippen LogP contribution in [0.3, 0.4) is 0 Å². The Bertz CT molecular complexity index is 3670. The molecule has 284 valence electrons. The zero-order valence-electron chi connectivity index (χ0n) is 33.2. The molecule has 60 heavy (non-hydrogen) atoms. The van der Waals surface area contributed by atoms with Gasteiger partial charge in [-0.15, -0.1) is 0 Å². The molecule has 0 N–H and O–H groups in total. The van der Waals surface area contributed by atoms with Crippen LogP contribution >= 0.6 is 0 Å². The van der Waals surface area contributed by atoms with E-state index in [2.05, 4.69) is 174 Å². The maximum atomic E-state index is 10.3. The highest BCUT2D eigenvalue weighted by Crippen LogP contribution is 2.41. The van der Waals surface area contributed by atoms with Gasteiger partial charge in [0.05, 0.1) is 61.6 Å². The number of hydrogen-bond donors (Lipinski definition) is 0. The zero-order valence-corrected chi connectivity index (χ0v) is 33.2. The Kier molecular flexibility index (Phi) is 7.12. The number of benzene rings is 7. The van der Waals surface area contributed by atoms with E-state index in [1.54, 1.807) is 6.07 Å². The highest BCUT2D eigenvalue weighted by molar-refractivity contribution is 6.23. The van der Waals surface area contributed by atoms with Crippen molar-refractivity contribution in [3.63, 3.8) is 0 Å². The maximum Gasteiger partial charge on any atom is 0.269 e. The molecular weight excluding hydrogens is 737 g/mol. The molecule has 0 aliphatic heterocycles. The van der Waals surface area contributed by atoms with Gasteiger partial charge in [0.2, 0.25) is 0 Å². The molecule has 7 heteroatoms. The van der Waals surface area contributed by atoms with Gasteiger partial charge in [0, 0.05) is 44.6 Å². The van der Waals surface area contributed by atoms with E-state index in [1.807, 2.05) is 35.0 Å². The molecule has 0 aliphatic carbocycles. The lowest BCUT2D eigenvalue weighted by molar-refractivity contribution is -0.572. The zero-order chi connectivity index (χ0) is 40.3. The number of nitriles is 1. The topological polar surface area (TPSA) is 64.1 Å². The molecular formula is C53H36N6O. The number of rotatable bonds is 5. The van der Waals surface area contributed by atoms with E-state index in [9.17, 15) is 5.26 Å². The van der Waals surface area contributed by atoms with Crippen molar-refractivity contribution in [2.75, 3.05) is 0 Å². The first kappa shape index (κ1) is 34.1. The van der Waals surface area contributed by atoms with Crippen molar-refractivity contribution < 1.29 is 9.30 Å². The predicted molar refractivity (Wildman–Crippen MR) is 240 cm³/mol. The van der Waals surface area contributed by atoms with E-state index in [4.69, 9.17) is 9.72 Å². The molecule has 0 unspecified atom stereocenters. The minimum Gasteiger partial charge on any atom is -0.458 e. The minimum atomic E-state index is -0.0338. The van der Waals surface area contributed by atoms with E-state index in [0.717, 1.165) is 50.0 Å². The molecule has 0 bridgehead atoms. The summed E-state index contributed by atoms with van der Waals surface area (Å²) in [5.74, 6) is 2.06. The third-order valence-electron chi connectivity index (χ3n) is 12.0. The van der Waals surface area contributed by atoms with Crippen LogP contribution in [-0.2, 0) is 5.41 Å². The van der Waals surface area contributed by atoms with Crippen LogP contribution in [0.4, 0.5) is 0 Å². The molecule has 0 saturated carbocycles. The number of pyridine rings is 1. The second-order valence-corrected chi connectivity index (χ2v) is 16.6. The molecule has 12 aromatic rings. The van der Waals surface area contributed by atoms with Crippen LogP contribution < -0.4 is 9.30 Å². The summed E-state index contributed by atoms with van der Waals surface area (Å²) in [5.41, 5.74) is 11.0. The number of ether oxygens (including phenoxy) is 1. The number of fused-ring (bicyclic) bond motifs is 10. The van der Waals surface area contributed by atoms with E-state index in [-0.39, 0.29) is 5.41 Å². The summed E-state index contributed by atoms with van der Waals surface area (Å²) in [6.45, 7) is 6.65. The highest BCUT2D eigenvalue weighted by atomic mass is 16.5. The lowest BCUT2D eigenvalue weighted by atomic mass is 9.88. The van der Waals surface area contributed by atoms with Crippen molar-refractivity contribution in [2.24, 2.45) is 0 Å². The Hall–Kier alpha value is -7.95. The average molecular weight is 773 g/mol. The molecule has 12 rings (SSSR count). The summed E-state index contributed by atoms with van der Waals surface area (Å²) in [5, 5.41) is 17.4. The Morgan fingerprint density at radius 2 is 1.23 bits per heavy atom. The van der Waals surface area contributed by atoms with E-state index < -0.39 is 0 Å². The van der Waals surface area contributed by atoms with Gasteiger partial charge in [-0.25, -0.2) is 4.98 Å². The summed E-state index contributed by atoms with van der Waals surface area (Å²) >= 11 is 0. The van der Waals surface area contributed by atoms with Gasteiger partial charge in [0.25, 0.3) is 6.33 Å². The number of hydrogen-bond acceptors (Lipinski definition) is 3. The van der Waals surface area contributed by atoms with Gasteiger partial charge in [-0.1, -0.05) is 99.6 Å². The van der Waals surface area contributed by atoms with Crippen LogP contribution in [-0.4, -0.2) is 18.5 Å². The monoisotopic (exact) mass is 772 g/mol. The minimum absolute atomic E-state index is 0.0338. The van der Waals surface area contributed by atoms with E-state index >= 15 is 0 Å². The average Bonchev–Trinajstić information content (AvgIpc) is 4.02. The first-order chi connectivity index (χ1) is 29.3. The number of para-hydroxylation sites is 5. The second-order valence-electron chi connectivity index (χ2n) is 16.6. The van der Waals surface area contributed by atoms with E-state index in [0.29, 0.717) is 17.1 Å². The van der Waals surface area contributed by atoms with Crippen LogP contribution in [0.2, 0.25) is 0 Å². The SMILES string of the molecule is CC(C)(C)c1ccnc(-n2c3ccccc3c3ccc(Oc4cc(C#N)cc(-n5[c-][n+](-c6cc7c8ccccc8n8c9ccccc9c(c6)c78)c6ccccc65)c4)cc32)c1. The molecule has 0 atom stereocenters. The third-order valence-corrected chi connectivity index (χ3v) is 12.0. The highest BCUT2D eigenvalue weighted by Gasteiger charge is 2.22. The largest absolute Gasteiger partial charge is 0.458 e. The van der Waals surface area contributed by atoms with Gasteiger partial charge in [-0.05, 0) is 83.8 Å². The van der Waals surface area contributed by atoms with Crippen molar-refractivity contribution in [3.05, 3.63) is 181 Å². The molecule has 7 aromatic carbocycles. The first-order valence-electron chi connectivity index (χ1n) is 20.2. The molecule has 0 aliphatic rings. The van der Waals surface area contributed by atoms with Gasteiger partial charge in [-0.2, -0.15) is 5.26 Å². The quantitative estimate of drug-likeness (QED) is 0.129. The van der Waals surface area contributed by atoms with Gasteiger partial charge in [0.15, 0.2) is 0 Å². The lowest BCUT2D eigenvalue weighted by Crippen LogP contribution is -2.29. The summed E-state index contributed by atoms with van der Waals surface area (Å²) in [6.07, 6.45) is 5.58. The molecule has 0 radical (unpaired) electrons. The first-order valence-corrected chi connectivity index (χ1v) is 20.2.